The van der Waals surface area contributed by atoms with E-state index in [0.29, 0.717) is 51.0 Å². The first-order valence-electron chi connectivity index (χ1n) is 9.35. The van der Waals surface area contributed by atoms with Gasteiger partial charge in [0.1, 0.15) is 17.2 Å². The fraction of sp³-hybridized carbons (Fsp3) is 0.227. The number of carbonyl (C=O) groups is 1. The normalized spacial score (nSPS) is 12.8. The van der Waals surface area contributed by atoms with Crippen LogP contribution in [0.4, 0.5) is 0 Å². The van der Waals surface area contributed by atoms with Crippen molar-refractivity contribution in [3.05, 3.63) is 63.3 Å². The summed E-state index contributed by atoms with van der Waals surface area (Å²) in [5.41, 5.74) is 3.39. The number of ether oxygens (including phenoxy) is 2. The number of hydrogen-bond acceptors (Lipinski definition) is 6. The van der Waals surface area contributed by atoms with Gasteiger partial charge in [-0.05, 0) is 36.1 Å². The molecule has 2 aromatic carbocycles. The number of benzene rings is 2. The fourth-order valence-corrected chi connectivity index (χ4v) is 4.38. The van der Waals surface area contributed by atoms with E-state index in [-0.39, 0.29) is 5.91 Å². The van der Waals surface area contributed by atoms with Crippen LogP contribution in [0.5, 0.6) is 11.5 Å². The van der Waals surface area contributed by atoms with Crippen molar-refractivity contribution in [2.45, 2.75) is 18.2 Å². The quantitative estimate of drug-likeness (QED) is 0.353. The Morgan fingerprint density at radius 2 is 1.74 bits per heavy atom. The van der Waals surface area contributed by atoms with Gasteiger partial charge in [0.05, 0.1) is 36.5 Å². The molecule has 31 heavy (non-hydrogen) atoms. The Morgan fingerprint density at radius 1 is 1.03 bits per heavy atom. The fourth-order valence-electron chi connectivity index (χ4n) is 3.46. The van der Waals surface area contributed by atoms with E-state index >= 15 is 0 Å². The number of fused-ring (bicyclic) bond motifs is 1. The molecule has 1 aliphatic heterocycles. The molecule has 0 spiro atoms. The zero-order valence-electron chi connectivity index (χ0n) is 17.1. The molecule has 3 aromatic rings. The summed E-state index contributed by atoms with van der Waals surface area (Å²) in [5, 5.41) is 1.34. The minimum Gasteiger partial charge on any atom is -0.497 e. The third-order valence-electron chi connectivity index (χ3n) is 5.04. The number of aromatic nitrogens is 2. The van der Waals surface area contributed by atoms with Crippen LogP contribution in [0.2, 0.25) is 10.0 Å². The molecule has 1 aromatic heterocycles. The Morgan fingerprint density at radius 3 is 2.39 bits per heavy atom. The summed E-state index contributed by atoms with van der Waals surface area (Å²) in [6, 6.07) is 11.0. The molecule has 6 nitrogen and oxygen atoms in total. The first-order chi connectivity index (χ1) is 14.9. The highest BCUT2D eigenvalue weighted by molar-refractivity contribution is 7.98. The molecule has 1 amide bonds. The lowest BCUT2D eigenvalue weighted by Gasteiger charge is -2.16. The molecule has 0 aliphatic carbocycles. The van der Waals surface area contributed by atoms with Gasteiger partial charge < -0.3 is 14.4 Å². The Balaban J connectivity index is 1.75. The second kappa shape index (κ2) is 8.94. The Kier molecular flexibility index (Phi) is 6.27. The van der Waals surface area contributed by atoms with Crippen molar-refractivity contribution in [1.82, 2.24) is 14.9 Å². The van der Waals surface area contributed by atoms with E-state index < -0.39 is 0 Å². The van der Waals surface area contributed by atoms with Gasteiger partial charge in [-0.1, -0.05) is 47.1 Å². The van der Waals surface area contributed by atoms with E-state index in [9.17, 15) is 4.79 Å². The monoisotopic (exact) mass is 475 g/mol. The average molecular weight is 476 g/mol. The number of amides is 1. The van der Waals surface area contributed by atoms with Gasteiger partial charge in [-0.15, -0.1) is 0 Å². The van der Waals surface area contributed by atoms with Gasteiger partial charge in [0.25, 0.3) is 5.91 Å². The van der Waals surface area contributed by atoms with Gasteiger partial charge in [-0.25, -0.2) is 9.97 Å². The second-order valence-corrected chi connectivity index (χ2v) is 8.45. The minimum atomic E-state index is -0.137. The molecule has 160 valence electrons. The number of thioether (sulfide) groups is 1. The molecule has 0 bridgehead atoms. The molecule has 0 unspecified atom stereocenters. The molecule has 0 radical (unpaired) electrons. The number of nitrogens with zero attached hydrogens (tertiary/aromatic N) is 3. The molecule has 4 rings (SSSR count). The van der Waals surface area contributed by atoms with Crippen LogP contribution in [0.3, 0.4) is 0 Å². The molecule has 1 aliphatic rings. The van der Waals surface area contributed by atoms with Crippen molar-refractivity contribution < 1.29 is 14.3 Å². The molecule has 0 fully saturated rings. The second-order valence-electron chi connectivity index (χ2n) is 6.86. The van der Waals surface area contributed by atoms with Gasteiger partial charge in [-0.2, -0.15) is 0 Å². The highest BCUT2D eigenvalue weighted by Crippen LogP contribution is 2.40. The summed E-state index contributed by atoms with van der Waals surface area (Å²) in [5.74, 6) is 1.12. The van der Waals surface area contributed by atoms with Gasteiger partial charge in [0, 0.05) is 17.7 Å². The lowest BCUT2D eigenvalue weighted by Crippen LogP contribution is -2.23. The zero-order chi connectivity index (χ0) is 22.1. The van der Waals surface area contributed by atoms with Crippen molar-refractivity contribution in [3.8, 4) is 22.8 Å². The Labute approximate surface area is 194 Å². The first-order valence-corrected chi connectivity index (χ1v) is 11.3. The van der Waals surface area contributed by atoms with Crippen LogP contribution in [-0.2, 0) is 13.1 Å². The number of halogens is 2. The predicted octanol–water partition coefficient (Wildman–Crippen LogP) is 5.35. The van der Waals surface area contributed by atoms with Crippen molar-refractivity contribution in [2.75, 3.05) is 20.5 Å². The van der Waals surface area contributed by atoms with Crippen molar-refractivity contribution in [3.63, 3.8) is 0 Å². The van der Waals surface area contributed by atoms with E-state index in [1.165, 1.54) is 18.9 Å². The molecule has 9 heteroatoms. The van der Waals surface area contributed by atoms with Crippen molar-refractivity contribution in [1.29, 1.82) is 0 Å². The van der Waals surface area contributed by atoms with Crippen molar-refractivity contribution in [2.24, 2.45) is 0 Å². The lowest BCUT2D eigenvalue weighted by molar-refractivity contribution is 0.0762. The smallest absolute Gasteiger partial charge is 0.273 e. The standard InChI is InChI=1S/C22H19Cl2N3O3S/c1-29-13-6-4-12(5-7-13)10-27-11-15-19(25-22(31-3)26-20(15)21(27)28)14-8-18(30-2)17(24)9-16(14)23/h4-9H,10-11H2,1-3H3. The predicted molar refractivity (Wildman–Crippen MR) is 122 cm³/mol. The van der Waals surface area contributed by atoms with E-state index in [4.69, 9.17) is 32.7 Å². The van der Waals surface area contributed by atoms with Crippen LogP contribution in [0.25, 0.3) is 11.3 Å². The third kappa shape index (κ3) is 4.18. The molecular weight excluding hydrogens is 457 g/mol. The summed E-state index contributed by atoms with van der Waals surface area (Å²) >= 11 is 14.1. The zero-order valence-corrected chi connectivity index (χ0v) is 19.4. The van der Waals surface area contributed by atoms with E-state index in [1.807, 2.05) is 30.5 Å². The van der Waals surface area contributed by atoms with E-state index in [1.54, 1.807) is 24.1 Å². The number of hydrogen-bond donors (Lipinski definition) is 0. The molecule has 2 heterocycles. The topological polar surface area (TPSA) is 64.6 Å². The van der Waals surface area contributed by atoms with E-state index in [0.717, 1.165) is 16.9 Å². The summed E-state index contributed by atoms with van der Waals surface area (Å²) in [6.45, 7) is 0.830. The van der Waals surface area contributed by atoms with Crippen LogP contribution in [0.1, 0.15) is 21.6 Å². The maximum Gasteiger partial charge on any atom is 0.273 e. The molecule has 0 saturated carbocycles. The Bertz CT molecular complexity index is 1160. The van der Waals surface area contributed by atoms with Crippen molar-refractivity contribution >= 4 is 40.9 Å². The molecule has 0 N–H and O–H groups in total. The Hall–Kier alpha value is -2.48. The minimum absolute atomic E-state index is 0.137. The molecule has 0 atom stereocenters. The molecular formula is C22H19Cl2N3O3S. The van der Waals surface area contributed by atoms with Crippen LogP contribution in [0, 0.1) is 0 Å². The van der Waals surface area contributed by atoms with Crippen LogP contribution in [-0.4, -0.2) is 41.3 Å². The van der Waals surface area contributed by atoms with E-state index in [2.05, 4.69) is 9.97 Å². The number of methoxy groups -OCH3 is 2. The average Bonchev–Trinajstić information content (AvgIpc) is 3.09. The summed E-state index contributed by atoms with van der Waals surface area (Å²) in [4.78, 5) is 24.1. The number of carbonyl (C=O) groups excluding carboxylic acids is 1. The lowest BCUT2D eigenvalue weighted by atomic mass is 10.1. The van der Waals surface area contributed by atoms with Gasteiger partial charge in [-0.3, -0.25) is 4.79 Å². The van der Waals surface area contributed by atoms with Crippen LogP contribution >= 0.6 is 35.0 Å². The maximum absolute atomic E-state index is 13.2. The van der Waals surface area contributed by atoms with Gasteiger partial charge >= 0.3 is 0 Å². The van der Waals surface area contributed by atoms with Gasteiger partial charge in [0.2, 0.25) is 0 Å². The van der Waals surface area contributed by atoms with Crippen LogP contribution < -0.4 is 9.47 Å². The SMILES string of the molecule is COc1ccc(CN2Cc3c(nc(SC)nc3-c3cc(OC)c(Cl)cc3Cl)C2=O)cc1. The first kappa shape index (κ1) is 21.7. The largest absolute Gasteiger partial charge is 0.497 e. The van der Waals surface area contributed by atoms with Gasteiger partial charge in [0.15, 0.2) is 5.16 Å². The summed E-state index contributed by atoms with van der Waals surface area (Å²) in [7, 11) is 3.16. The maximum atomic E-state index is 13.2. The van der Waals surface area contributed by atoms with Crippen LogP contribution in [0.15, 0.2) is 41.6 Å². The molecule has 0 saturated heterocycles. The third-order valence-corrected chi connectivity index (χ3v) is 6.19. The summed E-state index contributed by atoms with van der Waals surface area (Å²) < 4.78 is 10.6. The highest BCUT2D eigenvalue weighted by atomic mass is 35.5. The number of rotatable bonds is 6. The highest BCUT2D eigenvalue weighted by Gasteiger charge is 2.33. The summed E-state index contributed by atoms with van der Waals surface area (Å²) in [6.07, 6.45) is 1.87.